The van der Waals surface area contributed by atoms with Crippen molar-refractivity contribution in [3.8, 4) is 0 Å². The Morgan fingerprint density at radius 1 is 1.21 bits per heavy atom. The maximum atomic E-state index is 9.13. The molecule has 3 aliphatic heterocycles. The van der Waals surface area contributed by atoms with E-state index in [2.05, 4.69) is 39.3 Å². The van der Waals surface area contributed by atoms with E-state index in [1.165, 1.54) is 0 Å². The van der Waals surface area contributed by atoms with Crippen LogP contribution in [0.25, 0.3) is 0 Å². The minimum Gasteiger partial charge on any atom is -0.342 e. The quantitative estimate of drug-likeness (QED) is 0.487. The predicted molar refractivity (Wildman–Crippen MR) is 132 cm³/mol. The number of nitrogens with zero attached hydrogens (tertiary/aromatic N) is 6. The third-order valence-electron chi connectivity index (χ3n) is 7.25. The highest BCUT2D eigenvalue weighted by Crippen LogP contribution is 2.45. The zero-order valence-electron chi connectivity index (χ0n) is 19.7. The molecule has 0 spiro atoms. The summed E-state index contributed by atoms with van der Waals surface area (Å²) in [6.45, 7) is 5.45. The zero-order chi connectivity index (χ0) is 23.2. The second kappa shape index (κ2) is 8.39. The minimum atomic E-state index is -0.439. The fourth-order valence-electron chi connectivity index (χ4n) is 5.55. The Bertz CT molecular complexity index is 1060. The largest absolute Gasteiger partial charge is 0.342 e. The number of aromatic nitrogens is 2. The molecular weight excluding hydrogens is 414 g/mol. The van der Waals surface area contributed by atoms with E-state index in [0.717, 1.165) is 55.7 Å². The fraction of sp³-hybridized carbons (Fsp3) is 0.500. The molecule has 2 aromatic rings. The summed E-state index contributed by atoms with van der Waals surface area (Å²) in [6, 6.07) is 10.3. The molecule has 9 nitrogen and oxygen atoms in total. The van der Waals surface area contributed by atoms with E-state index < -0.39 is 5.54 Å². The number of anilines is 3. The Morgan fingerprint density at radius 3 is 2.73 bits per heavy atom. The van der Waals surface area contributed by atoms with Gasteiger partial charge in [0, 0.05) is 13.6 Å². The molecule has 0 amide bonds. The summed E-state index contributed by atoms with van der Waals surface area (Å²) in [5.41, 5.74) is 1.44. The van der Waals surface area contributed by atoms with E-state index in [1.807, 2.05) is 25.2 Å². The summed E-state index contributed by atoms with van der Waals surface area (Å²) in [5, 5.41) is 25.3. The molecule has 0 radical (unpaired) electrons. The van der Waals surface area contributed by atoms with E-state index in [9.17, 15) is 0 Å². The van der Waals surface area contributed by atoms with Crippen LogP contribution in [0.3, 0.4) is 0 Å². The van der Waals surface area contributed by atoms with Crippen LogP contribution >= 0.6 is 0 Å². The topological polar surface area (TPSA) is 98.5 Å². The second-order valence-electron chi connectivity index (χ2n) is 9.17. The predicted octanol–water partition coefficient (Wildman–Crippen LogP) is 3.71. The lowest BCUT2D eigenvalue weighted by molar-refractivity contribution is 0.359. The van der Waals surface area contributed by atoms with Crippen molar-refractivity contribution in [3.05, 3.63) is 42.1 Å². The maximum absolute atomic E-state index is 9.13. The van der Waals surface area contributed by atoms with Crippen LogP contribution in [0.5, 0.6) is 0 Å². The lowest BCUT2D eigenvalue weighted by atomic mass is 9.84. The smallest absolute Gasteiger partial charge is 0.244 e. The SMILES string of the molecule is CCC12CCCCCN1c1nc(N3C(c4ccccc4)NCN3C)ncc1N(C(C)=N)C2=N. The molecule has 4 heterocycles. The molecule has 9 heteroatoms. The first-order valence-electron chi connectivity index (χ1n) is 11.9. The van der Waals surface area contributed by atoms with Gasteiger partial charge in [-0.3, -0.25) is 26.0 Å². The third-order valence-corrected chi connectivity index (χ3v) is 7.25. The molecule has 0 bridgehead atoms. The summed E-state index contributed by atoms with van der Waals surface area (Å²) >= 11 is 0. The van der Waals surface area contributed by atoms with Crippen molar-refractivity contribution >= 4 is 29.1 Å². The van der Waals surface area contributed by atoms with Gasteiger partial charge in [0.05, 0.1) is 18.4 Å². The highest BCUT2D eigenvalue weighted by molar-refractivity contribution is 6.23. The van der Waals surface area contributed by atoms with Crippen LogP contribution in [0.15, 0.2) is 36.5 Å². The van der Waals surface area contributed by atoms with Gasteiger partial charge in [-0.2, -0.15) is 4.98 Å². The minimum absolute atomic E-state index is 0.0585. The normalized spacial score (nSPS) is 25.6. The molecule has 1 aromatic carbocycles. The Balaban J connectivity index is 1.64. The number of nitrogens with one attached hydrogen (secondary N) is 3. The highest BCUT2D eigenvalue weighted by atomic mass is 15.7. The van der Waals surface area contributed by atoms with E-state index in [1.54, 1.807) is 18.0 Å². The first-order valence-corrected chi connectivity index (χ1v) is 11.9. The van der Waals surface area contributed by atoms with Crippen molar-refractivity contribution in [2.75, 3.05) is 35.1 Å². The molecule has 1 aromatic heterocycles. The molecule has 0 aliphatic carbocycles. The summed E-state index contributed by atoms with van der Waals surface area (Å²) in [4.78, 5) is 14.0. The van der Waals surface area contributed by atoms with Gasteiger partial charge in [0.15, 0.2) is 5.82 Å². The number of benzene rings is 1. The number of hydrogen-bond donors (Lipinski definition) is 3. The van der Waals surface area contributed by atoms with Crippen molar-refractivity contribution in [1.82, 2.24) is 20.3 Å². The van der Waals surface area contributed by atoms with Crippen molar-refractivity contribution < 1.29 is 0 Å². The number of amidine groups is 2. The number of hydrazine groups is 1. The number of hydrogen-bond acceptors (Lipinski definition) is 8. The van der Waals surface area contributed by atoms with Gasteiger partial charge in [-0.15, -0.1) is 0 Å². The van der Waals surface area contributed by atoms with Crippen LogP contribution in [0.1, 0.15) is 57.7 Å². The van der Waals surface area contributed by atoms with Crippen LogP contribution in [0, 0.1) is 10.8 Å². The van der Waals surface area contributed by atoms with Crippen LogP contribution in [0.2, 0.25) is 0 Å². The standard InChI is InChI=1S/C24H33N9/c1-4-24-13-9-6-10-14-31(24)21-19(32(17(2)25)22(24)26)15-27-23(29-21)33-20(28-16-30(33)3)18-11-7-5-8-12-18/h5,7-8,11-12,15,20,25-26,28H,4,6,9-10,13-14,16H2,1-3H3. The first kappa shape index (κ1) is 21.8. The van der Waals surface area contributed by atoms with Gasteiger partial charge in [-0.05, 0) is 31.7 Å². The molecule has 2 saturated heterocycles. The summed E-state index contributed by atoms with van der Waals surface area (Å²) in [7, 11) is 2.03. The molecular formula is C24H33N9. The van der Waals surface area contributed by atoms with E-state index in [0.29, 0.717) is 24.3 Å². The molecule has 0 saturated carbocycles. The Kier molecular flexibility index (Phi) is 5.54. The van der Waals surface area contributed by atoms with E-state index in [-0.39, 0.29) is 6.17 Å². The van der Waals surface area contributed by atoms with Gasteiger partial charge >= 0.3 is 0 Å². The van der Waals surface area contributed by atoms with Gasteiger partial charge in [0.1, 0.15) is 23.5 Å². The van der Waals surface area contributed by atoms with Gasteiger partial charge in [-0.1, -0.05) is 50.1 Å². The molecule has 2 unspecified atom stereocenters. The molecule has 33 heavy (non-hydrogen) atoms. The monoisotopic (exact) mass is 447 g/mol. The van der Waals surface area contributed by atoms with Crippen molar-refractivity contribution in [3.63, 3.8) is 0 Å². The number of fused-ring (bicyclic) bond motifs is 3. The average molecular weight is 448 g/mol. The summed E-state index contributed by atoms with van der Waals surface area (Å²) < 4.78 is 0. The second-order valence-corrected chi connectivity index (χ2v) is 9.17. The molecule has 3 aliphatic rings. The molecule has 5 rings (SSSR count). The van der Waals surface area contributed by atoms with Crippen LogP contribution in [-0.4, -0.2) is 52.4 Å². The van der Waals surface area contributed by atoms with Crippen molar-refractivity contribution in [2.24, 2.45) is 0 Å². The van der Waals surface area contributed by atoms with Crippen LogP contribution in [-0.2, 0) is 0 Å². The Labute approximate surface area is 195 Å². The van der Waals surface area contributed by atoms with Crippen molar-refractivity contribution in [2.45, 2.75) is 57.7 Å². The Morgan fingerprint density at radius 2 is 2.00 bits per heavy atom. The molecule has 2 fully saturated rings. The zero-order valence-corrected chi connectivity index (χ0v) is 19.7. The third kappa shape index (κ3) is 3.38. The van der Waals surface area contributed by atoms with Crippen LogP contribution in [0.4, 0.5) is 17.5 Å². The van der Waals surface area contributed by atoms with Gasteiger partial charge < -0.3 is 4.90 Å². The van der Waals surface area contributed by atoms with Gasteiger partial charge in [0.2, 0.25) is 5.95 Å². The Hall–Kier alpha value is -3.04. The van der Waals surface area contributed by atoms with Gasteiger partial charge in [-0.25, -0.2) is 9.99 Å². The first-order chi connectivity index (χ1) is 16.0. The maximum Gasteiger partial charge on any atom is 0.244 e. The number of rotatable bonds is 3. The molecule has 3 N–H and O–H groups in total. The fourth-order valence-corrected chi connectivity index (χ4v) is 5.55. The lowest BCUT2D eigenvalue weighted by Crippen LogP contribution is -2.64. The summed E-state index contributed by atoms with van der Waals surface area (Å²) in [6.07, 6.45) is 6.76. The molecule has 2 atom stereocenters. The van der Waals surface area contributed by atoms with Crippen molar-refractivity contribution in [1.29, 1.82) is 10.8 Å². The van der Waals surface area contributed by atoms with Crippen LogP contribution < -0.4 is 20.1 Å². The lowest BCUT2D eigenvalue weighted by Gasteiger charge is -2.51. The van der Waals surface area contributed by atoms with E-state index >= 15 is 0 Å². The summed E-state index contributed by atoms with van der Waals surface area (Å²) in [5.74, 6) is 2.26. The van der Waals surface area contributed by atoms with E-state index in [4.69, 9.17) is 20.8 Å². The van der Waals surface area contributed by atoms with Gasteiger partial charge in [0.25, 0.3) is 0 Å². The highest BCUT2D eigenvalue weighted by Gasteiger charge is 2.49. The average Bonchev–Trinajstić information content (AvgIpc) is 3.07. The molecule has 174 valence electrons.